The quantitative estimate of drug-likeness (QED) is 0.204. The maximum atomic E-state index is 6.44. The molecule has 2 aromatic heterocycles. The Labute approximate surface area is 260 Å². The van der Waals surface area contributed by atoms with Gasteiger partial charge in [-0.3, -0.25) is 0 Å². The highest BCUT2D eigenvalue weighted by molar-refractivity contribution is 6.11. The fourth-order valence-electron chi connectivity index (χ4n) is 6.53. The van der Waals surface area contributed by atoms with Gasteiger partial charge >= 0.3 is 0 Å². The molecule has 0 aliphatic rings. The summed E-state index contributed by atoms with van der Waals surface area (Å²) in [5.74, 6) is 0. The summed E-state index contributed by atoms with van der Waals surface area (Å²) < 4.78 is 12.7. The maximum Gasteiger partial charge on any atom is 0.159 e. The molecule has 0 aliphatic heterocycles. The van der Waals surface area contributed by atoms with Crippen LogP contribution in [0.15, 0.2) is 173 Å². The average molecular weight is 578 g/mol. The van der Waals surface area contributed by atoms with E-state index < -0.39 is 0 Å². The Kier molecular flexibility index (Phi) is 5.82. The Hall–Kier alpha value is -6.06. The highest BCUT2D eigenvalue weighted by atomic mass is 16.3. The highest BCUT2D eigenvalue weighted by Crippen LogP contribution is 2.42. The molecule has 3 heteroatoms. The van der Waals surface area contributed by atoms with E-state index in [0.29, 0.717) is 0 Å². The van der Waals surface area contributed by atoms with Crippen molar-refractivity contribution in [1.82, 2.24) is 0 Å². The number of nitrogens with zero attached hydrogens (tertiary/aromatic N) is 1. The van der Waals surface area contributed by atoms with E-state index in [0.717, 1.165) is 83.2 Å². The number of fused-ring (bicyclic) bond motifs is 6. The third-order valence-electron chi connectivity index (χ3n) is 8.70. The Morgan fingerprint density at radius 2 is 0.822 bits per heavy atom. The van der Waals surface area contributed by atoms with Gasteiger partial charge in [0, 0.05) is 38.5 Å². The van der Waals surface area contributed by atoms with Crippen LogP contribution in [0.1, 0.15) is 0 Å². The first kappa shape index (κ1) is 25.4. The third kappa shape index (κ3) is 4.21. The smallest absolute Gasteiger partial charge is 0.159 e. The maximum absolute atomic E-state index is 6.44. The summed E-state index contributed by atoms with van der Waals surface area (Å²) in [5.41, 5.74) is 11.3. The summed E-state index contributed by atoms with van der Waals surface area (Å²) in [7, 11) is 0. The monoisotopic (exact) mass is 577 g/mol. The van der Waals surface area contributed by atoms with E-state index >= 15 is 0 Å². The largest absolute Gasteiger partial charge is 0.455 e. The molecular formula is C42H27NO2. The third-order valence-corrected chi connectivity index (χ3v) is 8.70. The van der Waals surface area contributed by atoms with Crippen LogP contribution >= 0.6 is 0 Å². The van der Waals surface area contributed by atoms with Crippen molar-refractivity contribution in [2.45, 2.75) is 0 Å². The Balaban J connectivity index is 1.09. The predicted molar refractivity (Wildman–Crippen MR) is 187 cm³/mol. The lowest BCUT2D eigenvalue weighted by molar-refractivity contribution is 0.669. The van der Waals surface area contributed by atoms with Gasteiger partial charge in [-0.25, -0.2) is 0 Å². The fourth-order valence-corrected chi connectivity index (χ4v) is 6.53. The van der Waals surface area contributed by atoms with E-state index in [1.54, 1.807) is 0 Å². The molecule has 0 amide bonds. The first-order valence-electron chi connectivity index (χ1n) is 15.2. The van der Waals surface area contributed by atoms with Gasteiger partial charge in [-0.15, -0.1) is 0 Å². The molecule has 0 radical (unpaired) electrons. The lowest BCUT2D eigenvalue weighted by Crippen LogP contribution is -2.10. The molecule has 2 heterocycles. The summed E-state index contributed by atoms with van der Waals surface area (Å²) in [6, 6.07) is 57.2. The van der Waals surface area contributed by atoms with Crippen LogP contribution in [-0.4, -0.2) is 0 Å². The Morgan fingerprint density at radius 3 is 1.51 bits per heavy atom. The molecule has 0 N–H and O–H groups in total. The van der Waals surface area contributed by atoms with E-state index in [1.165, 1.54) is 0 Å². The van der Waals surface area contributed by atoms with Gasteiger partial charge in [-0.2, -0.15) is 0 Å². The molecule has 0 saturated carbocycles. The number of furan rings is 2. The SMILES string of the molecule is c1ccc(N(c2ccc(-c3ccc(-c4cccc5c4oc4ccccc45)cc3)cc2)c2cccc3c2oc2ccccc23)cc1. The molecule has 45 heavy (non-hydrogen) atoms. The van der Waals surface area contributed by atoms with Crippen LogP contribution in [0.4, 0.5) is 17.1 Å². The van der Waals surface area contributed by atoms with Crippen molar-refractivity contribution in [1.29, 1.82) is 0 Å². The second kappa shape index (κ2) is 10.3. The summed E-state index contributed by atoms with van der Waals surface area (Å²) in [6.45, 7) is 0. The van der Waals surface area contributed by atoms with Gasteiger partial charge in [-0.1, -0.05) is 121 Å². The van der Waals surface area contributed by atoms with Crippen molar-refractivity contribution in [3.8, 4) is 22.3 Å². The van der Waals surface area contributed by atoms with Crippen LogP contribution in [-0.2, 0) is 0 Å². The first-order chi connectivity index (χ1) is 22.3. The topological polar surface area (TPSA) is 29.5 Å². The lowest BCUT2D eigenvalue weighted by Gasteiger charge is -2.25. The molecule has 9 aromatic rings. The number of rotatable bonds is 5. The molecule has 0 fully saturated rings. The van der Waals surface area contributed by atoms with E-state index in [-0.39, 0.29) is 0 Å². The fraction of sp³-hybridized carbons (Fsp3) is 0. The molecule has 0 spiro atoms. The predicted octanol–water partition coefficient (Wildman–Crippen LogP) is 12.3. The zero-order valence-electron chi connectivity index (χ0n) is 24.4. The lowest BCUT2D eigenvalue weighted by atomic mass is 9.98. The van der Waals surface area contributed by atoms with E-state index in [2.05, 4.69) is 138 Å². The van der Waals surface area contributed by atoms with Gasteiger partial charge in [0.2, 0.25) is 0 Å². The normalized spacial score (nSPS) is 11.6. The van der Waals surface area contributed by atoms with Crippen LogP contribution in [0.3, 0.4) is 0 Å². The van der Waals surface area contributed by atoms with Crippen molar-refractivity contribution in [2.75, 3.05) is 4.90 Å². The molecule has 0 bridgehead atoms. The molecule has 0 aliphatic carbocycles. The minimum absolute atomic E-state index is 0.877. The zero-order chi connectivity index (χ0) is 29.7. The van der Waals surface area contributed by atoms with Crippen LogP contribution in [0.25, 0.3) is 66.1 Å². The van der Waals surface area contributed by atoms with Crippen LogP contribution in [0.5, 0.6) is 0 Å². The number of para-hydroxylation sites is 5. The Morgan fingerprint density at radius 1 is 0.333 bits per heavy atom. The number of benzene rings is 7. The zero-order valence-corrected chi connectivity index (χ0v) is 24.4. The van der Waals surface area contributed by atoms with Gasteiger partial charge < -0.3 is 13.7 Å². The molecule has 3 nitrogen and oxygen atoms in total. The van der Waals surface area contributed by atoms with Gasteiger partial charge in [0.15, 0.2) is 5.58 Å². The second-order valence-corrected chi connectivity index (χ2v) is 11.3. The van der Waals surface area contributed by atoms with Crippen LogP contribution < -0.4 is 4.90 Å². The van der Waals surface area contributed by atoms with Crippen molar-refractivity contribution in [3.63, 3.8) is 0 Å². The molecule has 7 aromatic carbocycles. The van der Waals surface area contributed by atoms with E-state index in [4.69, 9.17) is 8.83 Å². The minimum atomic E-state index is 0.877. The molecule has 0 saturated heterocycles. The van der Waals surface area contributed by atoms with Crippen molar-refractivity contribution < 1.29 is 8.83 Å². The minimum Gasteiger partial charge on any atom is -0.455 e. The number of hydrogen-bond donors (Lipinski definition) is 0. The molecule has 212 valence electrons. The summed E-state index contributed by atoms with van der Waals surface area (Å²) >= 11 is 0. The summed E-state index contributed by atoms with van der Waals surface area (Å²) in [5, 5.41) is 4.52. The van der Waals surface area contributed by atoms with Crippen molar-refractivity contribution in [3.05, 3.63) is 164 Å². The molecule has 9 rings (SSSR count). The highest BCUT2D eigenvalue weighted by Gasteiger charge is 2.19. The number of hydrogen-bond acceptors (Lipinski definition) is 3. The first-order valence-corrected chi connectivity index (χ1v) is 15.2. The van der Waals surface area contributed by atoms with Crippen molar-refractivity contribution in [2.24, 2.45) is 0 Å². The van der Waals surface area contributed by atoms with Crippen molar-refractivity contribution >= 4 is 60.9 Å². The summed E-state index contributed by atoms with van der Waals surface area (Å²) in [6.07, 6.45) is 0. The van der Waals surface area contributed by atoms with Crippen LogP contribution in [0, 0.1) is 0 Å². The standard InChI is InChI=1S/C42H27NO2/c1-2-10-31(11-3-1)43(38-17-9-16-37-35-13-5-7-19-40(35)45-42(37)38)32-26-24-29(25-27-32)28-20-22-30(23-21-28)33-14-8-15-36-34-12-4-6-18-39(34)44-41(33)36/h1-27H. The summed E-state index contributed by atoms with van der Waals surface area (Å²) in [4.78, 5) is 2.27. The van der Waals surface area contributed by atoms with E-state index in [1.807, 2.05) is 30.3 Å². The Bertz CT molecular complexity index is 2470. The molecule has 0 unspecified atom stereocenters. The average Bonchev–Trinajstić information content (AvgIpc) is 3.69. The van der Waals surface area contributed by atoms with Crippen LogP contribution in [0.2, 0.25) is 0 Å². The molecule has 0 atom stereocenters. The van der Waals surface area contributed by atoms with Gasteiger partial charge in [0.25, 0.3) is 0 Å². The second-order valence-electron chi connectivity index (χ2n) is 11.3. The van der Waals surface area contributed by atoms with Gasteiger partial charge in [0.05, 0.1) is 5.69 Å². The van der Waals surface area contributed by atoms with E-state index in [9.17, 15) is 0 Å². The molecular weight excluding hydrogens is 550 g/mol. The van der Waals surface area contributed by atoms with Gasteiger partial charge in [-0.05, 0) is 59.2 Å². The van der Waals surface area contributed by atoms with Gasteiger partial charge in [0.1, 0.15) is 16.7 Å². The number of anilines is 3.